The van der Waals surface area contributed by atoms with E-state index in [1.54, 1.807) is 46.0 Å². The summed E-state index contributed by atoms with van der Waals surface area (Å²) in [5.41, 5.74) is 14.8. The van der Waals surface area contributed by atoms with Crippen LogP contribution in [0.5, 0.6) is 11.5 Å². The Labute approximate surface area is 398 Å². The summed E-state index contributed by atoms with van der Waals surface area (Å²) in [7, 11) is 3.04. The Hall–Kier alpha value is -8.21. The molecule has 4 aromatic heterocycles. The van der Waals surface area contributed by atoms with E-state index >= 15 is 0 Å². The third kappa shape index (κ3) is 10.5. The van der Waals surface area contributed by atoms with Gasteiger partial charge in [-0.05, 0) is 63.9 Å². The lowest BCUT2D eigenvalue weighted by molar-refractivity contribution is -0.138. The number of carbonyl (C=O) groups is 7. The molecule has 7 rings (SSSR count). The third-order valence-electron chi connectivity index (χ3n) is 11.1. The Kier molecular flexibility index (Phi) is 14.7. The summed E-state index contributed by atoms with van der Waals surface area (Å²) in [6.07, 6.45) is 6.74. The topological polar surface area (TPSA) is 287 Å². The number of carbonyl (C=O) groups excluding carboxylic acids is 7. The molecule has 0 spiro atoms. The van der Waals surface area contributed by atoms with Crippen LogP contribution in [0.15, 0.2) is 54.6 Å². The molecule has 0 atom stereocenters. The number of thiazole rings is 1. The van der Waals surface area contributed by atoms with Crippen LogP contribution in [0.4, 0.5) is 11.9 Å². The zero-order valence-electron chi connectivity index (χ0n) is 38.8. The van der Waals surface area contributed by atoms with Crippen LogP contribution in [-0.4, -0.2) is 119 Å². The zero-order valence-corrected chi connectivity index (χ0v) is 39.6. The summed E-state index contributed by atoms with van der Waals surface area (Å²) >= 11 is 1.25. The number of imidazole rings is 2. The number of rotatable bonds is 21. The number of nitrogens with two attached hydrogens (primary N) is 2. The number of benzene rings is 2. The van der Waals surface area contributed by atoms with Gasteiger partial charge in [0.15, 0.2) is 0 Å². The van der Waals surface area contributed by atoms with Crippen molar-refractivity contribution in [2.24, 2.45) is 11.5 Å². The first-order chi connectivity index (χ1) is 33.0. The van der Waals surface area contributed by atoms with Crippen LogP contribution in [0.1, 0.15) is 84.0 Å². The van der Waals surface area contributed by atoms with Crippen molar-refractivity contribution in [1.29, 1.82) is 0 Å². The van der Waals surface area contributed by atoms with E-state index in [2.05, 4.69) is 25.7 Å². The van der Waals surface area contributed by atoms with Crippen molar-refractivity contribution in [2.75, 3.05) is 44.5 Å². The van der Waals surface area contributed by atoms with Crippen molar-refractivity contribution in [2.45, 2.75) is 66.6 Å². The monoisotopic (exact) mass is 961 g/mol. The number of allylic oxidation sites excluding steroid dienone is 2. The molecular weight excluding hydrogens is 911 g/mol. The van der Waals surface area contributed by atoms with E-state index in [-0.39, 0.29) is 85.2 Å². The van der Waals surface area contributed by atoms with Gasteiger partial charge in [0, 0.05) is 69.5 Å². The average Bonchev–Trinajstić information content (AvgIpc) is 4.14. The highest BCUT2D eigenvalue weighted by Crippen LogP contribution is 2.33. The molecule has 0 aliphatic carbocycles. The molecule has 360 valence electrons. The van der Waals surface area contributed by atoms with Gasteiger partial charge in [-0.15, -0.1) is 11.3 Å². The van der Waals surface area contributed by atoms with Crippen LogP contribution in [0.2, 0.25) is 0 Å². The first kappa shape index (κ1) is 48.7. The maximum absolute atomic E-state index is 13.9. The van der Waals surface area contributed by atoms with Crippen LogP contribution >= 0.6 is 11.3 Å². The summed E-state index contributed by atoms with van der Waals surface area (Å²) in [4.78, 5) is 106. The summed E-state index contributed by atoms with van der Waals surface area (Å²) in [5, 5.41) is 10.9. The molecule has 5 heterocycles. The Morgan fingerprint density at radius 3 is 1.96 bits per heavy atom. The van der Waals surface area contributed by atoms with E-state index in [1.807, 2.05) is 20.8 Å². The van der Waals surface area contributed by atoms with E-state index in [9.17, 15) is 33.6 Å². The fraction of sp³-hybridized carbons (Fsp3) is 0.326. The Morgan fingerprint density at radius 1 is 0.812 bits per heavy atom. The Balaban J connectivity index is 1.20. The fourth-order valence-electron chi connectivity index (χ4n) is 7.76. The Morgan fingerprint density at radius 2 is 1.39 bits per heavy atom. The standard InChI is InChI=1S/C46H51N13O9S/c1-7-29-40(69-26(4)49-29)44(66)53-46-51-31-22-28(42(48)64)24-34(68-19-11-15-55(5)35(60)14-18-56-36(61)12-13-37(56)62)39(31)58(46)17-10-9-16-57-38-30(21-27(41(47)63)23-33(38)67-6)50-45(57)52-43(65)32-20-25(3)54-59(32)8-2/h9-10,12-13,20-24H,7-8,11,14-19H2,1-6H3,(H2,47,63)(H2,48,64)(H,50,52,65)(H,51,53,66)/b10-9+. The van der Waals surface area contributed by atoms with Crippen molar-refractivity contribution in [1.82, 2.24) is 43.7 Å². The van der Waals surface area contributed by atoms with E-state index in [0.29, 0.717) is 62.9 Å². The predicted octanol–water partition coefficient (Wildman–Crippen LogP) is 3.75. The molecule has 1 aliphatic rings. The molecule has 1 aliphatic heterocycles. The van der Waals surface area contributed by atoms with Crippen molar-refractivity contribution in [3.63, 3.8) is 0 Å². The van der Waals surface area contributed by atoms with Crippen LogP contribution in [-0.2, 0) is 40.4 Å². The van der Waals surface area contributed by atoms with Gasteiger partial charge < -0.3 is 35.0 Å². The van der Waals surface area contributed by atoms with Crippen molar-refractivity contribution in [3.8, 4) is 11.5 Å². The summed E-state index contributed by atoms with van der Waals surface area (Å²) in [6.45, 7) is 8.30. The van der Waals surface area contributed by atoms with Gasteiger partial charge >= 0.3 is 0 Å². The summed E-state index contributed by atoms with van der Waals surface area (Å²) < 4.78 is 17.0. The van der Waals surface area contributed by atoms with E-state index in [4.69, 9.17) is 25.9 Å². The van der Waals surface area contributed by atoms with Crippen LogP contribution in [0, 0.1) is 13.8 Å². The fourth-order valence-corrected chi connectivity index (χ4v) is 8.66. The number of amides is 7. The zero-order chi connectivity index (χ0) is 49.7. The van der Waals surface area contributed by atoms with Gasteiger partial charge in [-0.1, -0.05) is 19.1 Å². The molecule has 7 amide bonds. The van der Waals surface area contributed by atoms with Crippen molar-refractivity contribution >= 4 is 86.7 Å². The second-order valence-corrected chi connectivity index (χ2v) is 17.1. The van der Waals surface area contributed by atoms with Gasteiger partial charge in [0.05, 0.1) is 41.1 Å². The normalized spacial score (nSPS) is 12.5. The third-order valence-corrected chi connectivity index (χ3v) is 12.2. The molecule has 23 heteroatoms. The highest BCUT2D eigenvalue weighted by Gasteiger charge is 2.26. The molecule has 0 saturated heterocycles. The molecule has 2 aromatic carbocycles. The maximum Gasteiger partial charge on any atom is 0.276 e. The minimum Gasteiger partial charge on any atom is -0.494 e. The molecule has 0 saturated carbocycles. The van der Waals surface area contributed by atoms with Crippen LogP contribution in [0.3, 0.4) is 0 Å². The Bertz CT molecular complexity index is 3090. The lowest BCUT2D eigenvalue weighted by Gasteiger charge is -2.19. The molecular formula is C46H51N13O9S. The van der Waals surface area contributed by atoms with E-state index in [0.717, 1.165) is 17.1 Å². The number of primary amides is 2. The average molecular weight is 962 g/mol. The molecule has 69 heavy (non-hydrogen) atoms. The number of ether oxygens (including phenoxy) is 2. The van der Waals surface area contributed by atoms with E-state index in [1.165, 1.54) is 47.6 Å². The number of nitrogens with one attached hydrogen (secondary N) is 2. The molecule has 0 fully saturated rings. The van der Waals surface area contributed by atoms with Crippen LogP contribution < -0.4 is 31.6 Å². The number of anilines is 2. The summed E-state index contributed by atoms with van der Waals surface area (Å²) in [5.74, 6) is -2.78. The SMILES string of the molecule is CCc1nc(C)sc1C(=O)Nc1nc2cc(C(N)=O)cc(OCCCN(C)C(=O)CCN3C(=O)C=CC3=O)c2n1C/C=C/Cn1c(NC(=O)c2cc(C)nn2CC)nc2cc(C(N)=O)cc(OC)c21. The van der Waals surface area contributed by atoms with Gasteiger partial charge in [-0.2, -0.15) is 5.10 Å². The van der Waals surface area contributed by atoms with Gasteiger partial charge in [-0.3, -0.25) is 53.8 Å². The molecule has 0 bridgehead atoms. The van der Waals surface area contributed by atoms with Crippen molar-refractivity contribution < 1.29 is 43.0 Å². The van der Waals surface area contributed by atoms with Crippen LogP contribution in [0.25, 0.3) is 22.1 Å². The van der Waals surface area contributed by atoms with Crippen molar-refractivity contribution in [3.05, 3.63) is 92.7 Å². The molecule has 22 nitrogen and oxygen atoms in total. The summed E-state index contributed by atoms with van der Waals surface area (Å²) in [6, 6.07) is 7.65. The van der Waals surface area contributed by atoms with Gasteiger partial charge in [0.2, 0.25) is 29.6 Å². The second-order valence-electron chi connectivity index (χ2n) is 15.9. The smallest absolute Gasteiger partial charge is 0.276 e. The molecule has 6 N–H and O–H groups in total. The molecule has 6 aromatic rings. The second kappa shape index (κ2) is 20.8. The molecule has 0 unspecified atom stereocenters. The largest absolute Gasteiger partial charge is 0.494 e. The van der Waals surface area contributed by atoms with Gasteiger partial charge in [-0.25, -0.2) is 15.0 Å². The lowest BCUT2D eigenvalue weighted by atomic mass is 10.1. The number of fused-ring (bicyclic) bond motifs is 2. The number of aromatic nitrogens is 7. The number of hydrogen-bond acceptors (Lipinski definition) is 14. The van der Waals surface area contributed by atoms with Gasteiger partial charge in [0.25, 0.3) is 23.6 Å². The van der Waals surface area contributed by atoms with E-state index < -0.39 is 35.4 Å². The first-order valence-electron chi connectivity index (χ1n) is 21.9. The number of hydrogen-bond donors (Lipinski definition) is 4. The number of nitrogens with zero attached hydrogens (tertiary/aromatic N) is 9. The quantitative estimate of drug-likeness (QED) is 0.0455. The molecule has 0 radical (unpaired) electrons. The van der Waals surface area contributed by atoms with Gasteiger partial charge in [0.1, 0.15) is 33.1 Å². The first-order valence-corrected chi connectivity index (χ1v) is 22.7. The minimum absolute atomic E-state index is 0.0452. The lowest BCUT2D eigenvalue weighted by Crippen LogP contribution is -2.36. The highest BCUT2D eigenvalue weighted by molar-refractivity contribution is 7.13. The maximum atomic E-state index is 13.9. The number of aryl methyl sites for hydroxylation is 4. The number of methoxy groups -OCH3 is 1. The minimum atomic E-state index is -0.742. The number of imide groups is 1. The highest BCUT2D eigenvalue weighted by atomic mass is 32.1. The predicted molar refractivity (Wildman–Crippen MR) is 255 cm³/mol.